The molecule has 0 amide bonds. The summed E-state index contributed by atoms with van der Waals surface area (Å²) in [5, 5.41) is 9.14. The Morgan fingerprint density at radius 1 is 1.39 bits per heavy atom. The summed E-state index contributed by atoms with van der Waals surface area (Å²) in [6.45, 7) is 0. The Labute approximate surface area is 118 Å². The molecule has 5 heteroatoms. The third-order valence-corrected chi connectivity index (χ3v) is 3.36. The van der Waals surface area contributed by atoms with Crippen molar-refractivity contribution >= 4 is 28.6 Å². The number of pyridine rings is 1. The molecule has 2 aromatic rings. The van der Waals surface area contributed by atoms with Gasteiger partial charge in [0, 0.05) is 18.0 Å². The van der Waals surface area contributed by atoms with Crippen LogP contribution in [0.2, 0.25) is 0 Å². The number of ether oxygens (including phenoxy) is 1. The maximum Gasteiger partial charge on any atom is 0.336 e. The zero-order valence-corrected chi connectivity index (χ0v) is 11.7. The predicted octanol–water partition coefficient (Wildman–Crippen LogP) is 3.06. The van der Waals surface area contributed by atoms with Crippen molar-refractivity contribution in [2.24, 2.45) is 0 Å². The zero-order valence-electron chi connectivity index (χ0n) is 9.55. The van der Waals surface area contributed by atoms with E-state index in [-0.39, 0.29) is 5.56 Å². The number of methoxy groups -OCH3 is 1. The van der Waals surface area contributed by atoms with Crippen LogP contribution in [0.1, 0.15) is 10.4 Å². The minimum Gasteiger partial charge on any atom is -0.496 e. The Balaban J connectivity index is 2.55. The molecule has 0 bridgehead atoms. The highest BCUT2D eigenvalue weighted by Gasteiger charge is 2.12. The number of benzene rings is 1. The molecule has 0 saturated heterocycles. The van der Waals surface area contributed by atoms with Gasteiger partial charge in [0.25, 0.3) is 0 Å². The van der Waals surface area contributed by atoms with Gasteiger partial charge in [-0.25, -0.2) is 4.79 Å². The fraction of sp³-hybridized carbons (Fsp3) is 0.0769. The molecular formula is C13H10INO3. The first-order valence-electron chi connectivity index (χ1n) is 5.14. The highest BCUT2D eigenvalue weighted by molar-refractivity contribution is 14.1. The van der Waals surface area contributed by atoms with E-state index in [0.29, 0.717) is 5.56 Å². The summed E-state index contributed by atoms with van der Waals surface area (Å²) in [4.78, 5) is 15.1. The Kier molecular flexibility index (Phi) is 3.81. The van der Waals surface area contributed by atoms with Crippen LogP contribution in [0.5, 0.6) is 5.75 Å². The average molecular weight is 355 g/mol. The minimum atomic E-state index is -0.960. The second-order valence-corrected chi connectivity index (χ2v) is 4.74. The van der Waals surface area contributed by atoms with E-state index >= 15 is 0 Å². The molecule has 2 rings (SSSR count). The van der Waals surface area contributed by atoms with Crippen LogP contribution in [0.4, 0.5) is 0 Å². The summed E-state index contributed by atoms with van der Waals surface area (Å²) >= 11 is 2.15. The first kappa shape index (κ1) is 12.8. The number of carboxylic acids is 1. The van der Waals surface area contributed by atoms with E-state index in [1.165, 1.54) is 12.3 Å². The summed E-state index contributed by atoms with van der Waals surface area (Å²) in [6.07, 6.45) is 3.03. The second-order valence-electron chi connectivity index (χ2n) is 3.58. The van der Waals surface area contributed by atoms with Crippen molar-refractivity contribution in [1.82, 2.24) is 4.98 Å². The van der Waals surface area contributed by atoms with Gasteiger partial charge in [-0.3, -0.25) is 4.98 Å². The van der Waals surface area contributed by atoms with Crippen LogP contribution >= 0.6 is 22.6 Å². The van der Waals surface area contributed by atoms with Crippen molar-refractivity contribution in [3.05, 3.63) is 45.8 Å². The van der Waals surface area contributed by atoms with Crippen LogP contribution in [-0.2, 0) is 0 Å². The minimum absolute atomic E-state index is 0.242. The van der Waals surface area contributed by atoms with Gasteiger partial charge in [-0.15, -0.1) is 0 Å². The number of nitrogens with zero attached hydrogens (tertiary/aromatic N) is 1. The number of hydrogen-bond acceptors (Lipinski definition) is 3. The van der Waals surface area contributed by atoms with Gasteiger partial charge in [0.2, 0.25) is 0 Å². The fourth-order valence-electron chi connectivity index (χ4n) is 1.64. The van der Waals surface area contributed by atoms with Crippen molar-refractivity contribution in [2.45, 2.75) is 0 Å². The Bertz CT molecular complexity index is 599. The van der Waals surface area contributed by atoms with Crippen LogP contribution in [0.3, 0.4) is 0 Å². The largest absolute Gasteiger partial charge is 0.496 e. The monoisotopic (exact) mass is 355 g/mol. The van der Waals surface area contributed by atoms with E-state index < -0.39 is 5.97 Å². The Morgan fingerprint density at radius 3 is 2.78 bits per heavy atom. The van der Waals surface area contributed by atoms with Crippen molar-refractivity contribution in [2.75, 3.05) is 7.11 Å². The van der Waals surface area contributed by atoms with Gasteiger partial charge in [-0.2, -0.15) is 0 Å². The molecule has 1 N–H and O–H groups in total. The molecule has 1 aromatic heterocycles. The van der Waals surface area contributed by atoms with E-state index in [2.05, 4.69) is 27.6 Å². The first-order valence-corrected chi connectivity index (χ1v) is 6.22. The van der Waals surface area contributed by atoms with E-state index in [0.717, 1.165) is 14.9 Å². The number of aromatic nitrogens is 1. The van der Waals surface area contributed by atoms with E-state index in [4.69, 9.17) is 9.84 Å². The smallest absolute Gasteiger partial charge is 0.336 e. The van der Waals surface area contributed by atoms with Gasteiger partial charge < -0.3 is 9.84 Å². The molecule has 0 atom stereocenters. The quantitative estimate of drug-likeness (QED) is 0.860. The molecule has 0 spiro atoms. The lowest BCUT2D eigenvalue weighted by molar-refractivity contribution is 0.0697. The second kappa shape index (κ2) is 5.34. The number of halogens is 1. The summed E-state index contributed by atoms with van der Waals surface area (Å²) in [5.74, 6) is -0.196. The molecule has 0 aliphatic heterocycles. The van der Waals surface area contributed by atoms with Gasteiger partial charge in [-0.05, 0) is 46.4 Å². The highest BCUT2D eigenvalue weighted by atomic mass is 127. The normalized spacial score (nSPS) is 10.1. The lowest BCUT2D eigenvalue weighted by atomic mass is 10.0. The zero-order chi connectivity index (χ0) is 13.1. The van der Waals surface area contributed by atoms with Crippen LogP contribution in [0.15, 0.2) is 36.7 Å². The lowest BCUT2D eigenvalue weighted by Crippen LogP contribution is -2.00. The van der Waals surface area contributed by atoms with Crippen molar-refractivity contribution in [3.63, 3.8) is 0 Å². The number of carboxylic acid groups (broad SMARTS) is 1. The van der Waals surface area contributed by atoms with Crippen molar-refractivity contribution in [3.8, 4) is 16.9 Å². The molecule has 4 nitrogen and oxygen atoms in total. The van der Waals surface area contributed by atoms with Gasteiger partial charge >= 0.3 is 5.97 Å². The number of rotatable bonds is 3. The van der Waals surface area contributed by atoms with Crippen LogP contribution in [0, 0.1) is 3.57 Å². The molecule has 1 aromatic carbocycles. The van der Waals surface area contributed by atoms with Crippen molar-refractivity contribution in [1.29, 1.82) is 0 Å². The SMILES string of the molecule is COc1ccc(-c2cnccc2C(=O)O)cc1I. The lowest BCUT2D eigenvalue weighted by Gasteiger charge is -2.08. The molecule has 0 aliphatic rings. The van der Waals surface area contributed by atoms with Gasteiger partial charge in [0.1, 0.15) is 5.75 Å². The Hall–Kier alpha value is -1.63. The standard InChI is InChI=1S/C13H10INO3/c1-18-12-3-2-8(6-11(12)14)10-7-15-5-4-9(10)13(16)17/h2-7H,1H3,(H,16,17). The molecule has 92 valence electrons. The summed E-state index contributed by atoms with van der Waals surface area (Å²) < 4.78 is 6.10. The summed E-state index contributed by atoms with van der Waals surface area (Å²) in [7, 11) is 1.60. The topological polar surface area (TPSA) is 59.4 Å². The molecule has 0 radical (unpaired) electrons. The van der Waals surface area contributed by atoms with Crippen LogP contribution < -0.4 is 4.74 Å². The van der Waals surface area contributed by atoms with E-state index in [1.54, 1.807) is 13.3 Å². The van der Waals surface area contributed by atoms with Gasteiger partial charge in [0.15, 0.2) is 0 Å². The maximum atomic E-state index is 11.1. The molecular weight excluding hydrogens is 345 g/mol. The van der Waals surface area contributed by atoms with E-state index in [1.807, 2.05) is 18.2 Å². The molecule has 18 heavy (non-hydrogen) atoms. The fourth-order valence-corrected chi connectivity index (χ4v) is 2.38. The molecule has 0 aliphatic carbocycles. The van der Waals surface area contributed by atoms with Gasteiger partial charge in [-0.1, -0.05) is 6.07 Å². The molecule has 1 heterocycles. The predicted molar refractivity (Wildman–Crippen MR) is 75.9 cm³/mol. The number of aromatic carboxylic acids is 1. The summed E-state index contributed by atoms with van der Waals surface area (Å²) in [5.41, 5.74) is 1.65. The first-order chi connectivity index (χ1) is 8.63. The van der Waals surface area contributed by atoms with Crippen molar-refractivity contribution < 1.29 is 14.6 Å². The van der Waals surface area contributed by atoms with Crippen LogP contribution in [-0.4, -0.2) is 23.2 Å². The molecule has 0 fully saturated rings. The summed E-state index contributed by atoms with van der Waals surface area (Å²) in [6, 6.07) is 7.01. The number of hydrogen-bond donors (Lipinski definition) is 1. The number of carbonyl (C=O) groups is 1. The molecule has 0 unspecified atom stereocenters. The third-order valence-electron chi connectivity index (χ3n) is 2.51. The highest BCUT2D eigenvalue weighted by Crippen LogP contribution is 2.29. The maximum absolute atomic E-state index is 11.1. The van der Waals surface area contributed by atoms with Gasteiger partial charge in [0.05, 0.1) is 16.2 Å². The molecule has 0 saturated carbocycles. The average Bonchev–Trinajstić information content (AvgIpc) is 2.38. The third kappa shape index (κ3) is 2.45. The van der Waals surface area contributed by atoms with Crippen LogP contribution in [0.25, 0.3) is 11.1 Å². The van der Waals surface area contributed by atoms with E-state index in [9.17, 15) is 4.79 Å². The Morgan fingerprint density at radius 2 is 2.17 bits per heavy atom.